The fraction of sp³-hybridized carbons (Fsp3) is 0.909. The van der Waals surface area contributed by atoms with Crippen molar-refractivity contribution in [3.63, 3.8) is 0 Å². The lowest BCUT2D eigenvalue weighted by atomic mass is 9.86. The smallest absolute Gasteiger partial charge is 0.241 e. The fourth-order valence-corrected chi connectivity index (χ4v) is 2.00. The number of unbranched alkanes of at least 4 members (excludes halogenated alkanes) is 1. The number of rotatable bonds is 5. The van der Waals surface area contributed by atoms with Gasteiger partial charge in [0.25, 0.3) is 0 Å². The lowest BCUT2D eigenvalue weighted by molar-refractivity contribution is -0.151. The van der Waals surface area contributed by atoms with E-state index in [9.17, 15) is 4.79 Å². The van der Waals surface area contributed by atoms with E-state index < -0.39 is 0 Å². The minimum Gasteiger partial charge on any atom is -0.334 e. The number of likely N-dealkylation sites (tertiary alicyclic amines) is 1. The van der Waals surface area contributed by atoms with Gasteiger partial charge in [0.1, 0.15) is 6.04 Å². The van der Waals surface area contributed by atoms with E-state index in [4.69, 9.17) is 5.73 Å². The first kappa shape index (κ1) is 11.5. The van der Waals surface area contributed by atoms with Gasteiger partial charge in [-0.15, -0.1) is 0 Å². The third-order valence-corrected chi connectivity index (χ3v) is 3.44. The minimum absolute atomic E-state index is 0.0446. The monoisotopic (exact) mass is 198 g/mol. The Kier molecular flexibility index (Phi) is 3.53. The molecule has 0 aromatic heterocycles. The Morgan fingerprint density at radius 3 is 2.57 bits per heavy atom. The van der Waals surface area contributed by atoms with Gasteiger partial charge in [-0.25, -0.2) is 0 Å². The zero-order valence-electron chi connectivity index (χ0n) is 9.55. The molecule has 14 heavy (non-hydrogen) atoms. The summed E-state index contributed by atoms with van der Waals surface area (Å²) in [5.41, 5.74) is 5.65. The van der Waals surface area contributed by atoms with Gasteiger partial charge in [0, 0.05) is 12.1 Å². The second kappa shape index (κ2) is 4.30. The van der Waals surface area contributed by atoms with Crippen molar-refractivity contribution in [1.29, 1.82) is 0 Å². The van der Waals surface area contributed by atoms with Crippen LogP contribution in [0.15, 0.2) is 0 Å². The molecule has 1 heterocycles. The van der Waals surface area contributed by atoms with E-state index in [0.29, 0.717) is 0 Å². The van der Waals surface area contributed by atoms with E-state index in [1.165, 1.54) is 12.8 Å². The van der Waals surface area contributed by atoms with E-state index >= 15 is 0 Å². The zero-order chi connectivity index (χ0) is 10.8. The molecule has 0 aliphatic carbocycles. The van der Waals surface area contributed by atoms with Crippen LogP contribution >= 0.6 is 0 Å². The average Bonchev–Trinajstić information content (AvgIpc) is 2.22. The molecule has 1 fully saturated rings. The van der Waals surface area contributed by atoms with Crippen LogP contribution in [-0.2, 0) is 4.79 Å². The fourth-order valence-electron chi connectivity index (χ4n) is 2.00. The van der Waals surface area contributed by atoms with Gasteiger partial charge in [0.05, 0.1) is 0 Å². The highest BCUT2D eigenvalue weighted by atomic mass is 16.2. The van der Waals surface area contributed by atoms with Crippen LogP contribution in [0.5, 0.6) is 0 Å². The maximum atomic E-state index is 11.5. The van der Waals surface area contributed by atoms with Crippen molar-refractivity contribution in [2.24, 2.45) is 5.73 Å². The molecule has 82 valence electrons. The predicted octanol–water partition coefficient (Wildman–Crippen LogP) is 1.51. The Balaban J connectivity index is 2.56. The molecule has 2 N–H and O–H groups in total. The van der Waals surface area contributed by atoms with E-state index in [0.717, 1.165) is 19.4 Å². The molecule has 3 heteroatoms. The maximum absolute atomic E-state index is 11.5. The van der Waals surface area contributed by atoms with E-state index in [1.54, 1.807) is 0 Å². The summed E-state index contributed by atoms with van der Waals surface area (Å²) in [4.78, 5) is 13.5. The maximum Gasteiger partial charge on any atom is 0.241 e. The first-order chi connectivity index (χ1) is 6.55. The summed E-state index contributed by atoms with van der Waals surface area (Å²) in [5, 5.41) is 0. The average molecular weight is 198 g/mol. The Morgan fingerprint density at radius 2 is 2.21 bits per heavy atom. The SMILES string of the molecule is CCCCC(C)(CC)N1CC(N)C1=O. The number of β-lactam (4-membered cyclic amide) rings is 1. The number of amides is 1. The summed E-state index contributed by atoms with van der Waals surface area (Å²) in [6.45, 7) is 7.24. The van der Waals surface area contributed by atoms with E-state index in [1.807, 2.05) is 4.90 Å². The Bertz CT molecular complexity index is 217. The molecule has 3 nitrogen and oxygen atoms in total. The van der Waals surface area contributed by atoms with Crippen LogP contribution in [0, 0.1) is 0 Å². The highest BCUT2D eigenvalue weighted by Gasteiger charge is 2.43. The lowest BCUT2D eigenvalue weighted by Gasteiger charge is -2.49. The molecular weight excluding hydrogens is 176 g/mol. The summed E-state index contributed by atoms with van der Waals surface area (Å²) in [5.74, 6) is 0.130. The molecule has 0 saturated carbocycles. The summed E-state index contributed by atoms with van der Waals surface area (Å²) >= 11 is 0. The van der Waals surface area contributed by atoms with E-state index in [-0.39, 0.29) is 17.5 Å². The topological polar surface area (TPSA) is 46.3 Å². The predicted molar refractivity (Wildman–Crippen MR) is 57.9 cm³/mol. The quantitative estimate of drug-likeness (QED) is 0.681. The summed E-state index contributed by atoms with van der Waals surface area (Å²) in [6, 6.07) is -0.234. The number of hydrogen-bond acceptors (Lipinski definition) is 2. The first-order valence-electron chi connectivity index (χ1n) is 5.62. The number of carbonyl (C=O) groups is 1. The molecule has 1 aliphatic rings. The van der Waals surface area contributed by atoms with Gasteiger partial charge in [-0.2, -0.15) is 0 Å². The molecule has 0 radical (unpaired) electrons. The summed E-state index contributed by atoms with van der Waals surface area (Å²) < 4.78 is 0. The second-order valence-electron chi connectivity index (χ2n) is 4.51. The van der Waals surface area contributed by atoms with Crippen LogP contribution in [0.25, 0.3) is 0 Å². The highest BCUT2D eigenvalue weighted by Crippen LogP contribution is 2.30. The third-order valence-electron chi connectivity index (χ3n) is 3.44. The first-order valence-corrected chi connectivity index (χ1v) is 5.62. The van der Waals surface area contributed by atoms with Crippen LogP contribution in [0.4, 0.5) is 0 Å². The highest BCUT2D eigenvalue weighted by molar-refractivity contribution is 5.88. The number of nitrogens with two attached hydrogens (primary N) is 1. The molecule has 0 bridgehead atoms. The van der Waals surface area contributed by atoms with Gasteiger partial charge in [-0.05, 0) is 19.8 Å². The van der Waals surface area contributed by atoms with Gasteiger partial charge >= 0.3 is 0 Å². The Hall–Kier alpha value is -0.570. The zero-order valence-corrected chi connectivity index (χ0v) is 9.55. The van der Waals surface area contributed by atoms with Gasteiger partial charge in [-0.3, -0.25) is 4.79 Å². The van der Waals surface area contributed by atoms with Crippen molar-refractivity contribution in [3.8, 4) is 0 Å². The van der Waals surface area contributed by atoms with Crippen LogP contribution < -0.4 is 5.73 Å². The van der Waals surface area contributed by atoms with Crippen LogP contribution in [-0.4, -0.2) is 28.9 Å². The molecule has 1 rings (SSSR count). The van der Waals surface area contributed by atoms with Gasteiger partial charge in [0.15, 0.2) is 0 Å². The summed E-state index contributed by atoms with van der Waals surface area (Å²) in [7, 11) is 0. The Labute approximate surface area is 86.6 Å². The molecule has 1 aliphatic heterocycles. The normalized spacial score (nSPS) is 25.9. The molecule has 0 spiro atoms. The number of carbonyl (C=O) groups excluding carboxylic acids is 1. The van der Waals surface area contributed by atoms with Crippen LogP contribution in [0.1, 0.15) is 46.5 Å². The second-order valence-corrected chi connectivity index (χ2v) is 4.51. The van der Waals surface area contributed by atoms with Gasteiger partial charge in [-0.1, -0.05) is 26.7 Å². The van der Waals surface area contributed by atoms with Gasteiger partial charge in [0.2, 0.25) is 5.91 Å². The largest absolute Gasteiger partial charge is 0.334 e. The van der Waals surface area contributed by atoms with Crippen molar-refractivity contribution >= 4 is 5.91 Å². The Morgan fingerprint density at radius 1 is 1.57 bits per heavy atom. The van der Waals surface area contributed by atoms with Gasteiger partial charge < -0.3 is 10.6 Å². The third kappa shape index (κ3) is 1.92. The molecule has 1 saturated heterocycles. The molecule has 2 unspecified atom stereocenters. The van der Waals surface area contributed by atoms with Crippen molar-refractivity contribution in [3.05, 3.63) is 0 Å². The minimum atomic E-state index is -0.234. The lowest BCUT2D eigenvalue weighted by Crippen LogP contribution is -2.68. The van der Waals surface area contributed by atoms with E-state index in [2.05, 4.69) is 20.8 Å². The van der Waals surface area contributed by atoms with Crippen LogP contribution in [0.2, 0.25) is 0 Å². The summed E-state index contributed by atoms with van der Waals surface area (Å²) in [6.07, 6.45) is 4.48. The molecule has 0 aromatic rings. The standard InChI is InChI=1S/C11H22N2O/c1-4-6-7-11(3,5-2)13-8-9(12)10(13)14/h9H,4-8,12H2,1-3H3. The molecular formula is C11H22N2O. The van der Waals surface area contributed by atoms with Crippen molar-refractivity contribution in [1.82, 2.24) is 4.90 Å². The molecule has 2 atom stereocenters. The van der Waals surface area contributed by atoms with Crippen molar-refractivity contribution in [2.75, 3.05) is 6.54 Å². The van der Waals surface area contributed by atoms with Crippen molar-refractivity contribution < 1.29 is 4.79 Å². The van der Waals surface area contributed by atoms with Crippen LogP contribution in [0.3, 0.4) is 0 Å². The molecule has 1 amide bonds. The molecule has 0 aromatic carbocycles. The number of hydrogen-bond donors (Lipinski definition) is 1. The number of nitrogens with zero attached hydrogens (tertiary/aromatic N) is 1. The van der Waals surface area contributed by atoms with Crippen molar-refractivity contribution in [2.45, 2.75) is 58.0 Å².